The number of ether oxygens (including phenoxy) is 3. The Labute approximate surface area is 158 Å². The van der Waals surface area contributed by atoms with Crippen LogP contribution in [0.1, 0.15) is 11.1 Å². The molecular formula is C21H23NO5. The van der Waals surface area contributed by atoms with Crippen LogP contribution in [0, 0.1) is 0 Å². The molecule has 0 bridgehead atoms. The molecule has 2 aliphatic rings. The number of benzene rings is 2. The summed E-state index contributed by atoms with van der Waals surface area (Å²) in [4.78, 5) is 13.7. The number of carbonyl (C=O) groups is 1. The third-order valence-corrected chi connectivity index (χ3v) is 5.08. The highest BCUT2D eigenvalue weighted by molar-refractivity contribution is 5.70. The van der Waals surface area contributed by atoms with Crippen LogP contribution in [-0.4, -0.2) is 53.6 Å². The average molecular weight is 369 g/mol. The van der Waals surface area contributed by atoms with E-state index in [4.69, 9.17) is 14.2 Å². The molecule has 1 N–H and O–H groups in total. The Morgan fingerprint density at radius 3 is 2.19 bits per heavy atom. The Morgan fingerprint density at radius 1 is 0.963 bits per heavy atom. The normalized spacial score (nSPS) is 27.3. The first-order chi connectivity index (χ1) is 13.2. The van der Waals surface area contributed by atoms with Crippen LogP contribution in [0.15, 0.2) is 60.7 Å². The number of fused-ring (bicyclic) bond motifs is 1. The lowest BCUT2D eigenvalue weighted by Gasteiger charge is -2.42. The van der Waals surface area contributed by atoms with Gasteiger partial charge in [-0.3, -0.25) is 4.90 Å². The molecule has 4 atom stereocenters. The van der Waals surface area contributed by atoms with Crippen LogP contribution in [0.5, 0.6) is 0 Å². The molecule has 27 heavy (non-hydrogen) atoms. The minimum absolute atomic E-state index is 0.223. The summed E-state index contributed by atoms with van der Waals surface area (Å²) in [7, 11) is 0. The van der Waals surface area contributed by atoms with Crippen molar-refractivity contribution in [3.63, 3.8) is 0 Å². The fraction of sp³-hybridized carbons (Fsp3) is 0.381. The average Bonchev–Trinajstić information content (AvgIpc) is 3.08. The molecule has 2 aromatic rings. The van der Waals surface area contributed by atoms with Crippen molar-refractivity contribution in [3.05, 3.63) is 71.8 Å². The fourth-order valence-electron chi connectivity index (χ4n) is 3.59. The minimum atomic E-state index is -0.840. The standard InChI is InChI=1S/C21H23NO5/c23-19-18(25-12-15-7-3-1-4-8-15)11-22-17(14-27-21(22)24)20(19)26-13-16-9-5-2-6-10-16/h1-10,17-20,23H,11-14H2/t17-,18-,19-,20-/m1/s1. The maximum Gasteiger partial charge on any atom is 0.410 e. The van der Waals surface area contributed by atoms with Gasteiger partial charge in [-0.2, -0.15) is 0 Å². The van der Waals surface area contributed by atoms with Gasteiger partial charge in [0.05, 0.1) is 25.8 Å². The summed E-state index contributed by atoms with van der Waals surface area (Å²) in [6.45, 7) is 1.23. The topological polar surface area (TPSA) is 68.2 Å². The Kier molecular flexibility index (Phi) is 5.38. The van der Waals surface area contributed by atoms with Crippen molar-refractivity contribution in [3.8, 4) is 0 Å². The van der Waals surface area contributed by atoms with Crippen molar-refractivity contribution >= 4 is 6.09 Å². The molecule has 0 aliphatic carbocycles. The Morgan fingerprint density at radius 2 is 1.56 bits per heavy atom. The highest BCUT2D eigenvalue weighted by Gasteiger charge is 2.50. The molecule has 2 saturated heterocycles. The van der Waals surface area contributed by atoms with E-state index in [1.54, 1.807) is 4.90 Å². The van der Waals surface area contributed by atoms with Gasteiger partial charge in [0.1, 0.15) is 24.9 Å². The highest BCUT2D eigenvalue weighted by atomic mass is 16.6. The van der Waals surface area contributed by atoms with Crippen molar-refractivity contribution in [1.82, 2.24) is 4.90 Å². The van der Waals surface area contributed by atoms with E-state index in [0.717, 1.165) is 11.1 Å². The van der Waals surface area contributed by atoms with E-state index in [-0.39, 0.29) is 18.7 Å². The van der Waals surface area contributed by atoms with E-state index < -0.39 is 18.3 Å². The van der Waals surface area contributed by atoms with Crippen molar-refractivity contribution < 1.29 is 24.1 Å². The van der Waals surface area contributed by atoms with Crippen molar-refractivity contribution in [1.29, 1.82) is 0 Å². The number of cyclic esters (lactones) is 1. The zero-order valence-electron chi connectivity index (χ0n) is 14.9. The molecule has 4 rings (SSSR count). The van der Waals surface area contributed by atoms with Gasteiger partial charge in [-0.1, -0.05) is 60.7 Å². The van der Waals surface area contributed by atoms with E-state index in [1.807, 2.05) is 60.7 Å². The maximum atomic E-state index is 12.1. The molecule has 0 aromatic heterocycles. The van der Waals surface area contributed by atoms with Gasteiger partial charge < -0.3 is 19.3 Å². The summed E-state index contributed by atoms with van der Waals surface area (Å²) in [5.41, 5.74) is 2.02. The second kappa shape index (κ2) is 8.08. The van der Waals surface area contributed by atoms with Crippen LogP contribution >= 0.6 is 0 Å². The van der Waals surface area contributed by atoms with Crippen LogP contribution in [0.2, 0.25) is 0 Å². The molecule has 0 saturated carbocycles. The van der Waals surface area contributed by atoms with Gasteiger partial charge in [-0.15, -0.1) is 0 Å². The molecule has 0 radical (unpaired) electrons. The number of aliphatic hydroxyl groups is 1. The number of piperidine rings is 1. The van der Waals surface area contributed by atoms with Crippen molar-refractivity contribution in [2.45, 2.75) is 37.6 Å². The summed E-state index contributed by atoms with van der Waals surface area (Å²) < 4.78 is 17.1. The van der Waals surface area contributed by atoms with Gasteiger partial charge in [0.25, 0.3) is 0 Å². The molecule has 6 nitrogen and oxygen atoms in total. The van der Waals surface area contributed by atoms with Gasteiger partial charge in [0.15, 0.2) is 0 Å². The quantitative estimate of drug-likeness (QED) is 0.847. The molecule has 1 amide bonds. The molecule has 2 aromatic carbocycles. The predicted molar refractivity (Wildman–Crippen MR) is 97.9 cm³/mol. The smallest absolute Gasteiger partial charge is 0.410 e. The summed E-state index contributed by atoms with van der Waals surface area (Å²) in [5.74, 6) is 0. The largest absolute Gasteiger partial charge is 0.447 e. The molecule has 0 spiro atoms. The van der Waals surface area contributed by atoms with Gasteiger partial charge in [-0.25, -0.2) is 4.79 Å². The lowest BCUT2D eigenvalue weighted by atomic mass is 9.94. The first kappa shape index (κ1) is 18.0. The van der Waals surface area contributed by atoms with Crippen molar-refractivity contribution in [2.24, 2.45) is 0 Å². The van der Waals surface area contributed by atoms with E-state index in [9.17, 15) is 9.90 Å². The first-order valence-corrected chi connectivity index (χ1v) is 9.15. The van der Waals surface area contributed by atoms with Crippen LogP contribution in [0.25, 0.3) is 0 Å². The number of hydrogen-bond acceptors (Lipinski definition) is 5. The van der Waals surface area contributed by atoms with Gasteiger partial charge >= 0.3 is 6.09 Å². The van der Waals surface area contributed by atoms with Crippen LogP contribution < -0.4 is 0 Å². The molecule has 2 fully saturated rings. The number of carbonyl (C=O) groups excluding carboxylic acids is 1. The molecule has 2 heterocycles. The fourth-order valence-corrected chi connectivity index (χ4v) is 3.59. The number of aliphatic hydroxyl groups excluding tert-OH is 1. The second-order valence-corrected chi connectivity index (χ2v) is 6.88. The zero-order chi connectivity index (χ0) is 18.6. The molecule has 2 aliphatic heterocycles. The Balaban J connectivity index is 1.45. The van der Waals surface area contributed by atoms with Gasteiger partial charge in [-0.05, 0) is 11.1 Å². The van der Waals surface area contributed by atoms with Gasteiger partial charge in [0.2, 0.25) is 0 Å². The first-order valence-electron chi connectivity index (χ1n) is 9.15. The van der Waals surface area contributed by atoms with E-state index in [1.165, 1.54) is 0 Å². The zero-order valence-corrected chi connectivity index (χ0v) is 14.9. The maximum absolute atomic E-state index is 12.1. The van der Waals surface area contributed by atoms with E-state index >= 15 is 0 Å². The van der Waals surface area contributed by atoms with E-state index in [0.29, 0.717) is 19.8 Å². The molecule has 0 unspecified atom stereocenters. The van der Waals surface area contributed by atoms with Crippen LogP contribution in [-0.2, 0) is 27.4 Å². The monoisotopic (exact) mass is 369 g/mol. The predicted octanol–water partition coefficient (Wildman–Crippen LogP) is 2.35. The van der Waals surface area contributed by atoms with Crippen LogP contribution in [0.4, 0.5) is 4.79 Å². The molecular weight excluding hydrogens is 346 g/mol. The number of nitrogens with zero attached hydrogens (tertiary/aromatic N) is 1. The number of hydrogen-bond donors (Lipinski definition) is 1. The SMILES string of the molecule is O=C1OC[C@@H]2[C@@H](OCc3ccccc3)[C@H](O)[C@H](OCc3ccccc3)CN12. The number of amides is 1. The van der Waals surface area contributed by atoms with Crippen LogP contribution in [0.3, 0.4) is 0 Å². The summed E-state index contributed by atoms with van der Waals surface area (Å²) >= 11 is 0. The highest BCUT2D eigenvalue weighted by Crippen LogP contribution is 2.29. The summed E-state index contributed by atoms with van der Waals surface area (Å²) in [6, 6.07) is 19.2. The van der Waals surface area contributed by atoms with Gasteiger partial charge in [0, 0.05) is 0 Å². The second-order valence-electron chi connectivity index (χ2n) is 6.88. The summed E-state index contributed by atoms with van der Waals surface area (Å²) in [6.07, 6.45) is -2.32. The third-order valence-electron chi connectivity index (χ3n) is 5.08. The van der Waals surface area contributed by atoms with E-state index in [2.05, 4.69) is 0 Å². The molecule has 142 valence electrons. The Bertz CT molecular complexity index is 754. The minimum Gasteiger partial charge on any atom is -0.447 e. The third kappa shape index (κ3) is 3.98. The number of rotatable bonds is 6. The van der Waals surface area contributed by atoms with Crippen molar-refractivity contribution in [2.75, 3.05) is 13.2 Å². The Hall–Kier alpha value is -2.41. The lowest BCUT2D eigenvalue weighted by molar-refractivity contribution is -0.166. The lowest BCUT2D eigenvalue weighted by Crippen LogP contribution is -2.61. The summed E-state index contributed by atoms with van der Waals surface area (Å²) in [5, 5.41) is 10.9. The molecule has 6 heteroatoms.